The Morgan fingerprint density at radius 2 is 1.92 bits per heavy atom. The van der Waals surface area contributed by atoms with Crippen molar-refractivity contribution in [3.05, 3.63) is 54.1 Å². The van der Waals surface area contributed by atoms with E-state index in [0.29, 0.717) is 0 Å². The number of carbonyl (C=O) groups excluding carboxylic acids is 1. The van der Waals surface area contributed by atoms with Crippen molar-refractivity contribution in [1.29, 1.82) is 0 Å². The molecule has 1 aliphatic heterocycles. The molecule has 0 spiro atoms. The molecule has 5 nitrogen and oxygen atoms in total. The van der Waals surface area contributed by atoms with Gasteiger partial charge in [0.15, 0.2) is 0 Å². The van der Waals surface area contributed by atoms with Gasteiger partial charge in [-0.05, 0) is 23.6 Å². The molecule has 0 aromatic heterocycles. The van der Waals surface area contributed by atoms with Crippen LogP contribution in [-0.4, -0.2) is 56.2 Å². The van der Waals surface area contributed by atoms with E-state index in [2.05, 4.69) is 40.5 Å². The molecule has 1 aliphatic rings. The largest absolute Gasteiger partial charge is 0.496 e. The highest BCUT2D eigenvalue weighted by atomic mass is 16.5. The molecule has 2 aromatic rings. The molecule has 0 radical (unpaired) electrons. The van der Waals surface area contributed by atoms with Gasteiger partial charge >= 0.3 is 6.03 Å². The fourth-order valence-corrected chi connectivity index (χ4v) is 3.33. The first-order valence-electron chi connectivity index (χ1n) is 8.99. The molecule has 0 aliphatic carbocycles. The average molecular weight is 353 g/mol. The minimum absolute atomic E-state index is 0.0157. The van der Waals surface area contributed by atoms with Crippen molar-refractivity contribution in [2.45, 2.75) is 19.0 Å². The summed E-state index contributed by atoms with van der Waals surface area (Å²) in [6, 6.07) is 16.9. The summed E-state index contributed by atoms with van der Waals surface area (Å²) in [5, 5.41) is 3.07. The Hall–Kier alpha value is -2.53. The van der Waals surface area contributed by atoms with Gasteiger partial charge in [-0.1, -0.05) is 42.5 Å². The van der Waals surface area contributed by atoms with Gasteiger partial charge in [-0.2, -0.15) is 0 Å². The molecule has 0 bridgehead atoms. The molecule has 1 saturated heterocycles. The van der Waals surface area contributed by atoms with Crippen molar-refractivity contribution >= 4 is 6.03 Å². The third-order valence-electron chi connectivity index (χ3n) is 4.78. The molecule has 0 saturated carbocycles. The zero-order valence-corrected chi connectivity index (χ0v) is 15.7. The van der Waals surface area contributed by atoms with E-state index in [1.807, 2.05) is 18.2 Å². The highest BCUT2D eigenvalue weighted by Crippen LogP contribution is 2.29. The molecule has 1 unspecified atom stereocenters. The number of methoxy groups -OCH3 is 1. The topological polar surface area (TPSA) is 44.8 Å². The minimum atomic E-state index is -0.0157. The van der Waals surface area contributed by atoms with Crippen LogP contribution >= 0.6 is 0 Å². The number of urea groups is 1. The number of nitrogens with zero attached hydrogens (tertiary/aromatic N) is 2. The van der Waals surface area contributed by atoms with Gasteiger partial charge < -0.3 is 15.0 Å². The molecular formula is C21H27N3O2. The lowest BCUT2D eigenvalue weighted by atomic mass is 10.0. The minimum Gasteiger partial charge on any atom is -0.496 e. The van der Waals surface area contributed by atoms with Gasteiger partial charge in [-0.15, -0.1) is 0 Å². The molecule has 26 heavy (non-hydrogen) atoms. The van der Waals surface area contributed by atoms with E-state index >= 15 is 0 Å². The van der Waals surface area contributed by atoms with Gasteiger partial charge in [0.2, 0.25) is 0 Å². The first-order valence-corrected chi connectivity index (χ1v) is 8.99. The molecule has 5 heteroatoms. The van der Waals surface area contributed by atoms with Crippen molar-refractivity contribution in [2.24, 2.45) is 0 Å². The molecule has 138 valence electrons. The number of para-hydroxylation sites is 1. The SMILES string of the molecule is COc1ccccc1-c1ccc(CN2CCC(NC(=O)N(C)C)C2)cc1. The van der Waals surface area contributed by atoms with Crippen molar-refractivity contribution in [3.63, 3.8) is 0 Å². The van der Waals surface area contributed by atoms with Gasteiger partial charge in [0.05, 0.1) is 7.11 Å². The van der Waals surface area contributed by atoms with Gasteiger partial charge in [0.25, 0.3) is 0 Å². The third kappa shape index (κ3) is 4.35. The zero-order chi connectivity index (χ0) is 18.5. The summed E-state index contributed by atoms with van der Waals surface area (Å²) in [6.07, 6.45) is 0.999. The van der Waals surface area contributed by atoms with E-state index in [0.717, 1.165) is 42.9 Å². The maximum absolute atomic E-state index is 11.8. The number of hydrogen-bond donors (Lipinski definition) is 1. The molecule has 1 atom stereocenters. The molecule has 1 N–H and O–H groups in total. The first-order chi connectivity index (χ1) is 12.6. The molecule has 1 heterocycles. The van der Waals surface area contributed by atoms with Crippen LogP contribution < -0.4 is 10.1 Å². The summed E-state index contributed by atoms with van der Waals surface area (Å²) in [6.45, 7) is 2.81. The van der Waals surface area contributed by atoms with E-state index in [1.54, 1.807) is 26.1 Å². The lowest BCUT2D eigenvalue weighted by Crippen LogP contribution is -2.42. The van der Waals surface area contributed by atoms with Crippen molar-refractivity contribution in [3.8, 4) is 16.9 Å². The predicted octanol–water partition coefficient (Wildman–Crippen LogP) is 3.21. The third-order valence-corrected chi connectivity index (χ3v) is 4.78. The molecule has 3 rings (SSSR count). The number of amides is 2. The van der Waals surface area contributed by atoms with Crippen LogP contribution in [0.25, 0.3) is 11.1 Å². The Morgan fingerprint density at radius 1 is 1.19 bits per heavy atom. The monoisotopic (exact) mass is 353 g/mol. The normalized spacial score (nSPS) is 17.1. The number of ether oxygens (including phenoxy) is 1. The van der Waals surface area contributed by atoms with Gasteiger partial charge in [-0.3, -0.25) is 4.90 Å². The second kappa shape index (κ2) is 8.23. The lowest BCUT2D eigenvalue weighted by Gasteiger charge is -2.19. The highest BCUT2D eigenvalue weighted by Gasteiger charge is 2.24. The summed E-state index contributed by atoms with van der Waals surface area (Å²) in [5.41, 5.74) is 3.54. The predicted molar refractivity (Wildman–Crippen MR) is 104 cm³/mol. The number of carbonyl (C=O) groups is 1. The van der Waals surface area contributed by atoms with Gasteiger partial charge in [0, 0.05) is 45.3 Å². The fraction of sp³-hybridized carbons (Fsp3) is 0.381. The van der Waals surface area contributed by atoms with Crippen LogP contribution in [0.1, 0.15) is 12.0 Å². The Morgan fingerprint density at radius 3 is 2.62 bits per heavy atom. The molecule has 1 fully saturated rings. The molecule has 2 aromatic carbocycles. The first kappa shape index (κ1) is 18.3. The van der Waals surface area contributed by atoms with Gasteiger partial charge in [-0.25, -0.2) is 4.79 Å². The quantitative estimate of drug-likeness (QED) is 0.898. The van der Waals surface area contributed by atoms with Crippen molar-refractivity contribution in [2.75, 3.05) is 34.3 Å². The second-order valence-corrected chi connectivity index (χ2v) is 6.96. The number of nitrogens with one attached hydrogen (secondary N) is 1. The number of benzene rings is 2. The van der Waals surface area contributed by atoms with E-state index in [-0.39, 0.29) is 12.1 Å². The summed E-state index contributed by atoms with van der Waals surface area (Å²) in [5.74, 6) is 0.888. The van der Waals surface area contributed by atoms with Crippen LogP contribution in [0.2, 0.25) is 0 Å². The second-order valence-electron chi connectivity index (χ2n) is 6.96. The number of hydrogen-bond acceptors (Lipinski definition) is 3. The van der Waals surface area contributed by atoms with Crippen molar-refractivity contribution in [1.82, 2.24) is 15.1 Å². The molecular weight excluding hydrogens is 326 g/mol. The zero-order valence-electron chi connectivity index (χ0n) is 15.7. The lowest BCUT2D eigenvalue weighted by molar-refractivity contribution is 0.212. The number of likely N-dealkylation sites (tertiary alicyclic amines) is 1. The maximum atomic E-state index is 11.8. The maximum Gasteiger partial charge on any atom is 0.317 e. The number of rotatable bonds is 5. The summed E-state index contributed by atoms with van der Waals surface area (Å²) in [7, 11) is 5.24. The van der Waals surface area contributed by atoms with Crippen LogP contribution in [0.15, 0.2) is 48.5 Å². The Balaban J connectivity index is 1.59. The highest BCUT2D eigenvalue weighted by molar-refractivity contribution is 5.74. The van der Waals surface area contributed by atoms with Crippen LogP contribution in [-0.2, 0) is 6.54 Å². The van der Waals surface area contributed by atoms with Crippen LogP contribution in [0, 0.1) is 0 Å². The van der Waals surface area contributed by atoms with E-state index < -0.39 is 0 Å². The average Bonchev–Trinajstić information content (AvgIpc) is 3.09. The smallest absolute Gasteiger partial charge is 0.317 e. The van der Waals surface area contributed by atoms with Crippen molar-refractivity contribution < 1.29 is 9.53 Å². The Labute approximate surface area is 155 Å². The summed E-state index contributed by atoms with van der Waals surface area (Å²) >= 11 is 0. The van der Waals surface area contributed by atoms with Crippen LogP contribution in [0.5, 0.6) is 5.75 Å². The van der Waals surface area contributed by atoms with Gasteiger partial charge in [0.1, 0.15) is 5.75 Å². The fourth-order valence-electron chi connectivity index (χ4n) is 3.33. The Bertz CT molecular complexity index is 743. The standard InChI is InChI=1S/C21H27N3O2/c1-23(2)21(25)22-18-12-13-24(15-18)14-16-8-10-17(11-9-16)19-6-4-5-7-20(19)26-3/h4-11,18H,12-15H2,1-3H3,(H,22,25). The van der Waals surface area contributed by atoms with Crippen LogP contribution in [0.3, 0.4) is 0 Å². The van der Waals surface area contributed by atoms with E-state index in [1.165, 1.54) is 5.56 Å². The summed E-state index contributed by atoms with van der Waals surface area (Å²) in [4.78, 5) is 15.7. The Kier molecular flexibility index (Phi) is 5.78. The molecule has 2 amide bonds. The summed E-state index contributed by atoms with van der Waals surface area (Å²) < 4.78 is 5.45. The van der Waals surface area contributed by atoms with Crippen LogP contribution in [0.4, 0.5) is 4.79 Å². The van der Waals surface area contributed by atoms with E-state index in [4.69, 9.17) is 4.74 Å². The van der Waals surface area contributed by atoms with E-state index in [9.17, 15) is 4.79 Å².